The summed E-state index contributed by atoms with van der Waals surface area (Å²) in [6, 6.07) is 4.19. The number of halogens is 1. The van der Waals surface area contributed by atoms with Crippen molar-refractivity contribution >= 4 is 21.9 Å². The number of aromatic carboxylic acids is 1. The number of nitrogens with zero attached hydrogens (tertiary/aromatic N) is 1. The van der Waals surface area contributed by atoms with Crippen LogP contribution in [0.2, 0.25) is 0 Å². The van der Waals surface area contributed by atoms with Crippen LogP contribution in [0.1, 0.15) is 21.5 Å². The second-order valence-electron chi connectivity index (χ2n) is 2.57. The number of benzene rings is 1. The van der Waals surface area contributed by atoms with Gasteiger partial charge < -0.3 is 10.2 Å². The molecular weight excluding hydrogens is 250 g/mol. The molecule has 0 fully saturated rings. The minimum atomic E-state index is -1.16. The first-order chi connectivity index (χ1) is 6.60. The van der Waals surface area contributed by atoms with Crippen LogP contribution in [0.15, 0.2) is 12.1 Å². The Morgan fingerprint density at radius 3 is 2.64 bits per heavy atom. The molecule has 0 aromatic heterocycles. The third kappa shape index (κ3) is 1.86. The summed E-state index contributed by atoms with van der Waals surface area (Å²) in [5.41, 5.74) is 0.482. The molecule has 4 nitrogen and oxygen atoms in total. The third-order valence-electron chi connectivity index (χ3n) is 1.72. The van der Waals surface area contributed by atoms with Crippen LogP contribution in [0.4, 0.5) is 0 Å². The average Bonchev–Trinajstić information content (AvgIpc) is 2.16. The first-order valence-electron chi connectivity index (χ1n) is 3.65. The summed E-state index contributed by atoms with van der Waals surface area (Å²) in [6.07, 6.45) is 0. The Labute approximate surface area is 88.5 Å². The Kier molecular flexibility index (Phi) is 3.10. The number of nitriles is 1. The number of alkyl halides is 1. The first kappa shape index (κ1) is 10.5. The predicted octanol–water partition coefficient (Wildman–Crippen LogP) is 1.86. The quantitative estimate of drug-likeness (QED) is 0.791. The zero-order chi connectivity index (χ0) is 10.7. The van der Waals surface area contributed by atoms with E-state index in [1.807, 2.05) is 6.07 Å². The van der Waals surface area contributed by atoms with Gasteiger partial charge in [0.2, 0.25) is 0 Å². The second-order valence-corrected chi connectivity index (χ2v) is 3.13. The van der Waals surface area contributed by atoms with E-state index in [0.29, 0.717) is 5.56 Å². The fourth-order valence-corrected chi connectivity index (χ4v) is 1.70. The van der Waals surface area contributed by atoms with Crippen molar-refractivity contribution in [3.63, 3.8) is 0 Å². The summed E-state index contributed by atoms with van der Waals surface area (Å²) >= 11 is 3.10. The van der Waals surface area contributed by atoms with Crippen molar-refractivity contribution < 1.29 is 15.0 Å². The minimum Gasteiger partial charge on any atom is -0.508 e. The smallest absolute Gasteiger partial charge is 0.336 e. The van der Waals surface area contributed by atoms with Crippen molar-refractivity contribution in [1.29, 1.82) is 5.26 Å². The molecule has 0 unspecified atom stereocenters. The molecule has 2 N–H and O–H groups in total. The lowest BCUT2D eigenvalue weighted by Gasteiger charge is -2.05. The zero-order valence-corrected chi connectivity index (χ0v) is 8.58. The summed E-state index contributed by atoms with van der Waals surface area (Å²) < 4.78 is 0. The summed E-state index contributed by atoms with van der Waals surface area (Å²) in [6.45, 7) is 0. The highest BCUT2D eigenvalue weighted by molar-refractivity contribution is 9.08. The lowest BCUT2D eigenvalue weighted by atomic mass is 10.0. The third-order valence-corrected chi connectivity index (χ3v) is 2.28. The van der Waals surface area contributed by atoms with Gasteiger partial charge in [-0.05, 0) is 17.7 Å². The molecule has 72 valence electrons. The highest BCUT2D eigenvalue weighted by atomic mass is 79.9. The van der Waals surface area contributed by atoms with Gasteiger partial charge in [-0.25, -0.2) is 4.79 Å². The Balaban J connectivity index is 3.49. The minimum absolute atomic E-state index is 0.0570. The SMILES string of the molecule is N#Cc1cc(O)cc(C(=O)O)c1CBr. The van der Waals surface area contributed by atoms with Crippen molar-refractivity contribution in [2.24, 2.45) is 0 Å². The molecule has 1 rings (SSSR count). The van der Waals surface area contributed by atoms with Gasteiger partial charge in [-0.3, -0.25) is 0 Å². The number of carboxylic acid groups (broad SMARTS) is 1. The van der Waals surface area contributed by atoms with Crippen molar-refractivity contribution in [2.75, 3.05) is 0 Å². The monoisotopic (exact) mass is 255 g/mol. The maximum absolute atomic E-state index is 10.8. The number of hydrogen-bond acceptors (Lipinski definition) is 3. The molecule has 0 aliphatic rings. The van der Waals surface area contributed by atoms with Crippen LogP contribution in [0.25, 0.3) is 0 Å². The van der Waals surface area contributed by atoms with Crippen molar-refractivity contribution in [2.45, 2.75) is 5.33 Å². The van der Waals surface area contributed by atoms with E-state index in [2.05, 4.69) is 15.9 Å². The van der Waals surface area contributed by atoms with Crippen LogP contribution in [0, 0.1) is 11.3 Å². The Morgan fingerprint density at radius 1 is 1.57 bits per heavy atom. The normalized spacial score (nSPS) is 9.43. The molecule has 1 aromatic rings. The lowest BCUT2D eigenvalue weighted by Crippen LogP contribution is -2.03. The van der Waals surface area contributed by atoms with Gasteiger partial charge in [0.15, 0.2) is 0 Å². The highest BCUT2D eigenvalue weighted by Crippen LogP contribution is 2.23. The highest BCUT2D eigenvalue weighted by Gasteiger charge is 2.14. The Morgan fingerprint density at radius 2 is 2.21 bits per heavy atom. The molecule has 0 amide bonds. The summed E-state index contributed by atoms with van der Waals surface area (Å²) in [4.78, 5) is 10.8. The number of carbonyl (C=O) groups is 1. The van der Waals surface area contributed by atoms with E-state index in [-0.39, 0.29) is 22.2 Å². The number of aromatic hydroxyl groups is 1. The topological polar surface area (TPSA) is 81.3 Å². The second kappa shape index (κ2) is 4.11. The fourth-order valence-electron chi connectivity index (χ4n) is 1.09. The first-order valence-corrected chi connectivity index (χ1v) is 4.77. The van der Waals surface area contributed by atoms with Gasteiger partial charge in [-0.2, -0.15) is 5.26 Å². The molecule has 0 spiro atoms. The van der Waals surface area contributed by atoms with E-state index in [1.165, 1.54) is 6.07 Å². The van der Waals surface area contributed by atoms with Crippen LogP contribution >= 0.6 is 15.9 Å². The summed E-state index contributed by atoms with van der Waals surface area (Å²) in [7, 11) is 0. The van der Waals surface area contributed by atoms with E-state index < -0.39 is 5.97 Å². The maximum Gasteiger partial charge on any atom is 0.336 e. The van der Waals surface area contributed by atoms with Gasteiger partial charge in [-0.1, -0.05) is 15.9 Å². The van der Waals surface area contributed by atoms with Gasteiger partial charge in [0.25, 0.3) is 0 Å². The molecule has 0 atom stereocenters. The largest absolute Gasteiger partial charge is 0.508 e. The molecule has 0 aliphatic heterocycles. The van der Waals surface area contributed by atoms with Gasteiger partial charge in [0, 0.05) is 5.33 Å². The number of rotatable bonds is 2. The van der Waals surface area contributed by atoms with E-state index in [9.17, 15) is 4.79 Å². The molecule has 5 heteroatoms. The zero-order valence-electron chi connectivity index (χ0n) is 6.99. The molecule has 1 aromatic carbocycles. The van der Waals surface area contributed by atoms with E-state index in [0.717, 1.165) is 6.07 Å². The van der Waals surface area contributed by atoms with Crippen LogP contribution < -0.4 is 0 Å². The molecule has 0 heterocycles. The number of hydrogen-bond donors (Lipinski definition) is 2. The molecule has 0 bridgehead atoms. The molecule has 0 radical (unpaired) electrons. The Bertz CT molecular complexity index is 423. The standard InChI is InChI=1S/C9H6BrNO3/c10-3-8-5(4-11)1-6(12)2-7(8)9(13)14/h1-2,12H,3H2,(H,13,14). The fraction of sp³-hybridized carbons (Fsp3) is 0.111. The van der Waals surface area contributed by atoms with Gasteiger partial charge in [-0.15, -0.1) is 0 Å². The van der Waals surface area contributed by atoms with E-state index >= 15 is 0 Å². The van der Waals surface area contributed by atoms with E-state index in [4.69, 9.17) is 15.5 Å². The predicted molar refractivity (Wildman–Crippen MR) is 52.4 cm³/mol. The number of carboxylic acids is 1. The number of phenolic OH excluding ortho intramolecular Hbond substituents is 1. The molecule has 0 saturated heterocycles. The van der Waals surface area contributed by atoms with Crippen molar-refractivity contribution in [3.05, 3.63) is 28.8 Å². The molecule has 0 aliphatic carbocycles. The van der Waals surface area contributed by atoms with Crippen LogP contribution in [-0.4, -0.2) is 16.2 Å². The van der Waals surface area contributed by atoms with Crippen molar-refractivity contribution in [3.8, 4) is 11.8 Å². The molecule has 0 saturated carbocycles. The molecular formula is C9H6BrNO3. The van der Waals surface area contributed by atoms with Crippen molar-refractivity contribution in [1.82, 2.24) is 0 Å². The lowest BCUT2D eigenvalue weighted by molar-refractivity contribution is 0.0695. The van der Waals surface area contributed by atoms with E-state index in [1.54, 1.807) is 0 Å². The molecule has 14 heavy (non-hydrogen) atoms. The Hall–Kier alpha value is -1.54. The average molecular weight is 256 g/mol. The van der Waals surface area contributed by atoms with Crippen LogP contribution in [0.3, 0.4) is 0 Å². The maximum atomic E-state index is 10.8. The van der Waals surface area contributed by atoms with Crippen LogP contribution in [0.5, 0.6) is 5.75 Å². The van der Waals surface area contributed by atoms with Gasteiger partial charge in [0.05, 0.1) is 17.2 Å². The summed E-state index contributed by atoms with van der Waals surface area (Å²) in [5.74, 6) is -1.38. The number of phenols is 1. The summed E-state index contributed by atoms with van der Waals surface area (Å²) in [5, 5.41) is 26.9. The van der Waals surface area contributed by atoms with Gasteiger partial charge in [0.1, 0.15) is 5.75 Å². The van der Waals surface area contributed by atoms with Crippen LogP contribution in [-0.2, 0) is 5.33 Å². The van der Waals surface area contributed by atoms with Gasteiger partial charge >= 0.3 is 5.97 Å².